The van der Waals surface area contributed by atoms with Gasteiger partial charge in [0.2, 0.25) is 0 Å². The molecule has 0 bridgehead atoms. The van der Waals surface area contributed by atoms with Crippen LogP contribution in [0.2, 0.25) is 0 Å². The number of hydrogen-bond acceptors (Lipinski definition) is 3. The molecule has 0 radical (unpaired) electrons. The Morgan fingerprint density at radius 3 is 2.37 bits per heavy atom. The van der Waals surface area contributed by atoms with Crippen LogP contribution in [0.1, 0.15) is 27.2 Å². The molecule has 1 amide bonds. The molecule has 0 fully saturated rings. The van der Waals surface area contributed by atoms with Crippen LogP contribution in [-0.4, -0.2) is 17.4 Å². The van der Waals surface area contributed by atoms with Gasteiger partial charge in [-0.05, 0) is 31.2 Å². The first-order valence-corrected chi connectivity index (χ1v) is 9.18. The summed E-state index contributed by atoms with van der Waals surface area (Å²) in [4.78, 5) is 16.5. The summed E-state index contributed by atoms with van der Waals surface area (Å²) in [6, 6.07) is 12.3. The lowest BCUT2D eigenvalue weighted by atomic mass is 10.1. The molecule has 0 aliphatic rings. The molecule has 7 heteroatoms. The van der Waals surface area contributed by atoms with Crippen molar-refractivity contribution < 1.29 is 18.0 Å². The number of thiazole rings is 1. The Bertz CT molecular complexity index is 916. The van der Waals surface area contributed by atoms with Crippen LogP contribution in [0.3, 0.4) is 0 Å². The van der Waals surface area contributed by atoms with Crippen molar-refractivity contribution in [2.45, 2.75) is 19.5 Å². The van der Waals surface area contributed by atoms with E-state index in [1.54, 1.807) is 12.1 Å². The molecule has 3 rings (SSSR count). The molecule has 0 spiro atoms. The molecule has 2 aromatic carbocycles. The normalized spacial score (nSPS) is 11.4. The Kier molecular flexibility index (Phi) is 5.60. The number of nitrogens with one attached hydrogen (secondary N) is 1. The third-order valence-electron chi connectivity index (χ3n) is 3.99. The largest absolute Gasteiger partial charge is 0.416 e. The summed E-state index contributed by atoms with van der Waals surface area (Å²) in [6.45, 7) is 2.39. The molecule has 140 valence electrons. The first kappa shape index (κ1) is 19.1. The number of aryl methyl sites for hydroxylation is 1. The minimum atomic E-state index is -4.35. The molecule has 1 N–H and O–H groups in total. The Hall–Kier alpha value is -2.67. The topological polar surface area (TPSA) is 42.0 Å². The predicted octanol–water partition coefficient (Wildman–Crippen LogP) is 5.11. The molecule has 0 aliphatic carbocycles. The Morgan fingerprint density at radius 1 is 1.07 bits per heavy atom. The van der Waals surface area contributed by atoms with Crippen LogP contribution in [0.5, 0.6) is 0 Å². The minimum Gasteiger partial charge on any atom is -0.352 e. The van der Waals surface area contributed by atoms with E-state index in [1.807, 2.05) is 24.4 Å². The highest BCUT2D eigenvalue weighted by molar-refractivity contribution is 7.13. The number of benzene rings is 2. The van der Waals surface area contributed by atoms with Crippen LogP contribution in [0.25, 0.3) is 10.6 Å². The molecular formula is C20H17F3N2OS. The van der Waals surface area contributed by atoms with Gasteiger partial charge in [-0.3, -0.25) is 4.79 Å². The standard InChI is InChI=1S/C20H17F3N2OS/c1-13-2-4-14(5-3-13)18(26)24-11-10-17-12-27-19(25-17)15-6-8-16(9-7-15)20(21,22)23/h2-9,12H,10-11H2,1H3,(H,24,26). The van der Waals surface area contributed by atoms with Gasteiger partial charge in [-0.25, -0.2) is 4.98 Å². The predicted molar refractivity (Wildman–Crippen MR) is 99.8 cm³/mol. The van der Waals surface area contributed by atoms with Gasteiger partial charge in [0.25, 0.3) is 5.91 Å². The maximum absolute atomic E-state index is 12.6. The minimum absolute atomic E-state index is 0.145. The van der Waals surface area contributed by atoms with Gasteiger partial charge in [0.1, 0.15) is 5.01 Å². The number of nitrogens with zero attached hydrogens (tertiary/aromatic N) is 1. The number of rotatable bonds is 5. The quantitative estimate of drug-likeness (QED) is 0.658. The second kappa shape index (κ2) is 7.92. The van der Waals surface area contributed by atoms with Gasteiger partial charge >= 0.3 is 6.18 Å². The van der Waals surface area contributed by atoms with E-state index in [2.05, 4.69) is 10.3 Å². The van der Waals surface area contributed by atoms with Crippen LogP contribution < -0.4 is 5.32 Å². The van der Waals surface area contributed by atoms with Crippen molar-refractivity contribution in [1.82, 2.24) is 10.3 Å². The third-order valence-corrected chi connectivity index (χ3v) is 4.93. The summed E-state index contributed by atoms with van der Waals surface area (Å²) < 4.78 is 37.9. The molecule has 1 aromatic heterocycles. The highest BCUT2D eigenvalue weighted by atomic mass is 32.1. The second-order valence-electron chi connectivity index (χ2n) is 6.09. The third kappa shape index (κ3) is 4.95. The van der Waals surface area contributed by atoms with Crippen LogP contribution >= 0.6 is 11.3 Å². The van der Waals surface area contributed by atoms with Crippen molar-refractivity contribution in [2.24, 2.45) is 0 Å². The molecule has 1 heterocycles. The number of carbonyl (C=O) groups excluding carboxylic acids is 1. The molecule has 0 unspecified atom stereocenters. The molecule has 27 heavy (non-hydrogen) atoms. The fourth-order valence-corrected chi connectivity index (χ4v) is 3.33. The monoisotopic (exact) mass is 390 g/mol. The summed E-state index contributed by atoms with van der Waals surface area (Å²) in [6.07, 6.45) is -3.79. The van der Waals surface area contributed by atoms with Crippen molar-refractivity contribution in [3.05, 3.63) is 76.3 Å². The van der Waals surface area contributed by atoms with E-state index in [-0.39, 0.29) is 5.91 Å². The highest BCUT2D eigenvalue weighted by Gasteiger charge is 2.30. The number of aromatic nitrogens is 1. The van der Waals surface area contributed by atoms with E-state index >= 15 is 0 Å². The summed E-state index contributed by atoms with van der Waals surface area (Å²) in [7, 11) is 0. The highest BCUT2D eigenvalue weighted by Crippen LogP contribution is 2.31. The molecular weight excluding hydrogens is 373 g/mol. The van der Waals surface area contributed by atoms with Crippen molar-refractivity contribution in [3.8, 4) is 10.6 Å². The van der Waals surface area contributed by atoms with Crippen molar-refractivity contribution in [1.29, 1.82) is 0 Å². The maximum atomic E-state index is 12.6. The number of halogens is 3. The Labute approximate surface area is 158 Å². The zero-order valence-corrected chi connectivity index (χ0v) is 15.3. The van der Waals surface area contributed by atoms with Crippen LogP contribution in [0, 0.1) is 6.92 Å². The lowest BCUT2D eigenvalue weighted by molar-refractivity contribution is -0.137. The number of amides is 1. The molecule has 3 nitrogen and oxygen atoms in total. The molecule has 0 saturated heterocycles. The van der Waals surface area contributed by atoms with Crippen LogP contribution in [0.4, 0.5) is 13.2 Å². The molecule has 0 saturated carbocycles. The van der Waals surface area contributed by atoms with E-state index in [9.17, 15) is 18.0 Å². The van der Waals surface area contributed by atoms with Gasteiger partial charge in [0, 0.05) is 29.5 Å². The first-order valence-electron chi connectivity index (χ1n) is 8.30. The Morgan fingerprint density at radius 2 is 1.74 bits per heavy atom. The van der Waals surface area contributed by atoms with Crippen molar-refractivity contribution in [3.63, 3.8) is 0 Å². The van der Waals surface area contributed by atoms with E-state index in [4.69, 9.17) is 0 Å². The van der Waals surface area contributed by atoms with E-state index in [0.29, 0.717) is 29.1 Å². The lowest BCUT2D eigenvalue weighted by Gasteiger charge is -2.06. The maximum Gasteiger partial charge on any atom is 0.416 e. The summed E-state index contributed by atoms with van der Waals surface area (Å²) in [5.74, 6) is -0.145. The molecule has 3 aromatic rings. The average molecular weight is 390 g/mol. The fraction of sp³-hybridized carbons (Fsp3) is 0.200. The second-order valence-corrected chi connectivity index (χ2v) is 6.95. The van der Waals surface area contributed by atoms with E-state index in [0.717, 1.165) is 23.4 Å². The Balaban J connectivity index is 1.56. The smallest absolute Gasteiger partial charge is 0.352 e. The number of alkyl halides is 3. The first-order chi connectivity index (χ1) is 12.8. The van der Waals surface area contributed by atoms with E-state index < -0.39 is 11.7 Å². The number of hydrogen-bond donors (Lipinski definition) is 1. The van der Waals surface area contributed by atoms with Crippen LogP contribution in [-0.2, 0) is 12.6 Å². The zero-order valence-electron chi connectivity index (χ0n) is 14.5. The van der Waals surface area contributed by atoms with Crippen molar-refractivity contribution in [2.75, 3.05) is 6.54 Å². The average Bonchev–Trinajstić information content (AvgIpc) is 3.10. The fourth-order valence-electron chi connectivity index (χ4n) is 2.47. The van der Waals surface area contributed by atoms with Gasteiger partial charge in [-0.1, -0.05) is 29.8 Å². The van der Waals surface area contributed by atoms with Gasteiger partial charge in [-0.15, -0.1) is 11.3 Å². The van der Waals surface area contributed by atoms with Gasteiger partial charge in [0.15, 0.2) is 0 Å². The van der Waals surface area contributed by atoms with E-state index in [1.165, 1.54) is 23.5 Å². The summed E-state index contributed by atoms with van der Waals surface area (Å²) in [5.41, 5.74) is 2.44. The van der Waals surface area contributed by atoms with Gasteiger partial charge < -0.3 is 5.32 Å². The summed E-state index contributed by atoms with van der Waals surface area (Å²) >= 11 is 1.37. The SMILES string of the molecule is Cc1ccc(C(=O)NCCc2csc(-c3ccc(C(F)(F)F)cc3)n2)cc1. The number of carbonyl (C=O) groups is 1. The van der Waals surface area contributed by atoms with Crippen LogP contribution in [0.15, 0.2) is 53.9 Å². The van der Waals surface area contributed by atoms with Gasteiger partial charge in [0.05, 0.1) is 11.3 Å². The van der Waals surface area contributed by atoms with Crippen molar-refractivity contribution >= 4 is 17.2 Å². The van der Waals surface area contributed by atoms with Gasteiger partial charge in [-0.2, -0.15) is 13.2 Å². The molecule has 0 aliphatic heterocycles. The lowest BCUT2D eigenvalue weighted by Crippen LogP contribution is -2.25. The molecule has 0 atom stereocenters. The summed E-state index contributed by atoms with van der Waals surface area (Å²) in [5, 5.41) is 5.35. The zero-order chi connectivity index (χ0) is 19.4.